The van der Waals surface area contributed by atoms with Crippen LogP contribution in [0.1, 0.15) is 47.6 Å². The Morgan fingerprint density at radius 2 is 1.58 bits per heavy atom. The lowest BCUT2D eigenvalue weighted by molar-refractivity contribution is -0.137. The first-order valence-corrected chi connectivity index (χ1v) is 14.6. The fourth-order valence-corrected chi connectivity index (χ4v) is 6.12. The Kier molecular flexibility index (Phi) is 8.46. The van der Waals surface area contributed by atoms with Crippen LogP contribution in [0.25, 0.3) is 5.57 Å². The smallest absolute Gasteiger partial charge is 0.416 e. The van der Waals surface area contributed by atoms with Crippen LogP contribution in [-0.2, 0) is 22.7 Å². The molecule has 2 aliphatic rings. The highest BCUT2D eigenvalue weighted by Crippen LogP contribution is 2.41. The monoisotopic (exact) mass is 663 g/mol. The van der Waals surface area contributed by atoms with Crippen molar-refractivity contribution in [2.24, 2.45) is 0 Å². The van der Waals surface area contributed by atoms with Gasteiger partial charge in [-0.25, -0.2) is 18.0 Å². The van der Waals surface area contributed by atoms with E-state index in [1.165, 1.54) is 12.1 Å². The van der Waals surface area contributed by atoms with Crippen molar-refractivity contribution in [3.63, 3.8) is 0 Å². The third-order valence-electron chi connectivity index (χ3n) is 7.43. The number of carbonyl (C=O) groups is 1. The third kappa shape index (κ3) is 6.28. The van der Waals surface area contributed by atoms with Crippen molar-refractivity contribution in [3.05, 3.63) is 93.8 Å². The molecular formula is C29H21F8NO6S. The molecule has 240 valence electrons. The molecule has 0 fully saturated rings. The molecule has 1 atom stereocenters. The first-order valence-electron chi connectivity index (χ1n) is 13.2. The fourth-order valence-electron chi connectivity index (χ4n) is 5.14. The highest BCUT2D eigenvalue weighted by Gasteiger charge is 2.34. The van der Waals surface area contributed by atoms with E-state index in [4.69, 9.17) is 4.74 Å². The van der Waals surface area contributed by atoms with Crippen molar-refractivity contribution in [1.29, 1.82) is 0 Å². The van der Waals surface area contributed by atoms with E-state index in [9.17, 15) is 53.4 Å². The van der Waals surface area contributed by atoms with Gasteiger partial charge in [-0.15, -0.1) is 0 Å². The molecule has 7 nitrogen and oxygen atoms in total. The molecule has 1 heterocycles. The van der Waals surface area contributed by atoms with Crippen molar-refractivity contribution >= 4 is 21.8 Å². The summed E-state index contributed by atoms with van der Waals surface area (Å²) >= 11 is 0. The van der Waals surface area contributed by atoms with Gasteiger partial charge in [0.1, 0.15) is 16.7 Å². The summed E-state index contributed by atoms with van der Waals surface area (Å²) in [7, 11) is -5.10. The van der Waals surface area contributed by atoms with Crippen LogP contribution >= 0.6 is 0 Å². The molecule has 1 N–H and O–H groups in total. The standard InChI is InChI=1S/C29H21F8NO6S/c30-22-23(31)25(33)27(26(34)24(22)32)44-45(41,42)17-5-6-18-15(12-17)2-1-3-20(18)43-21-7-4-16(29(35,36)37)13-19(21)14-8-10-38(11-9-14)28(39)40/h4-8,12-13,20H,1-3,9-11H2,(H,39,40). The summed E-state index contributed by atoms with van der Waals surface area (Å²) in [5.41, 5.74) is 0.417. The van der Waals surface area contributed by atoms with Crippen molar-refractivity contribution in [2.45, 2.75) is 42.9 Å². The minimum atomic E-state index is -5.10. The summed E-state index contributed by atoms with van der Waals surface area (Å²) in [6, 6.07) is 6.25. The highest BCUT2D eigenvalue weighted by atomic mass is 32.2. The lowest BCUT2D eigenvalue weighted by Gasteiger charge is -2.29. The zero-order chi connectivity index (χ0) is 32.8. The Morgan fingerprint density at radius 3 is 2.18 bits per heavy atom. The second-order valence-corrected chi connectivity index (χ2v) is 11.8. The van der Waals surface area contributed by atoms with E-state index in [1.54, 1.807) is 0 Å². The quantitative estimate of drug-likeness (QED) is 0.128. The topological polar surface area (TPSA) is 93.1 Å². The summed E-state index contributed by atoms with van der Waals surface area (Å²) in [5.74, 6) is -14.2. The van der Waals surface area contributed by atoms with Gasteiger partial charge in [0.25, 0.3) is 0 Å². The number of nitrogens with zero attached hydrogens (tertiary/aromatic N) is 1. The lowest BCUT2D eigenvalue weighted by atomic mass is 9.89. The Hall–Kier alpha value is -4.34. The second-order valence-electron chi connectivity index (χ2n) is 10.2. The molecule has 0 radical (unpaired) electrons. The van der Waals surface area contributed by atoms with Gasteiger partial charge in [-0.2, -0.15) is 30.4 Å². The number of aryl methyl sites for hydroxylation is 1. The number of rotatable bonds is 6. The summed E-state index contributed by atoms with van der Waals surface area (Å²) in [5, 5.41) is 9.21. The van der Waals surface area contributed by atoms with E-state index in [0.29, 0.717) is 29.5 Å². The molecule has 0 aromatic heterocycles. The first-order chi connectivity index (χ1) is 21.1. The van der Waals surface area contributed by atoms with Crippen molar-refractivity contribution < 1.29 is 62.4 Å². The molecule has 0 bridgehead atoms. The summed E-state index contributed by atoms with van der Waals surface area (Å²) in [6.07, 6.45) is -3.93. The third-order valence-corrected chi connectivity index (χ3v) is 8.64. The maximum atomic E-state index is 14.1. The minimum Gasteiger partial charge on any atom is -0.485 e. The molecule has 0 spiro atoms. The zero-order valence-electron chi connectivity index (χ0n) is 22.7. The Morgan fingerprint density at radius 1 is 0.911 bits per heavy atom. The van der Waals surface area contributed by atoms with Crippen LogP contribution in [0.2, 0.25) is 0 Å². The number of hydrogen-bond acceptors (Lipinski definition) is 5. The molecule has 3 aromatic rings. The number of halogens is 8. The largest absolute Gasteiger partial charge is 0.485 e. The SMILES string of the molecule is O=C(O)N1CC=C(c2cc(C(F)(F)F)ccc2OC2CCCc3cc(S(=O)(=O)Oc4c(F)c(F)c(F)c(F)c4F)ccc32)CC1. The van der Waals surface area contributed by atoms with Crippen LogP contribution in [0.5, 0.6) is 11.5 Å². The van der Waals surface area contributed by atoms with Crippen LogP contribution in [0.3, 0.4) is 0 Å². The predicted octanol–water partition coefficient (Wildman–Crippen LogP) is 7.39. The van der Waals surface area contributed by atoms with Gasteiger partial charge in [-0.3, -0.25) is 0 Å². The van der Waals surface area contributed by atoms with Gasteiger partial charge in [0.05, 0.1) is 5.56 Å². The first kappa shape index (κ1) is 32.1. The number of amides is 1. The second kappa shape index (κ2) is 11.9. The number of carboxylic acid groups (broad SMARTS) is 1. The molecule has 1 amide bonds. The number of benzene rings is 3. The Balaban J connectivity index is 1.46. The minimum absolute atomic E-state index is 0.0447. The van der Waals surface area contributed by atoms with Crippen LogP contribution in [0.15, 0.2) is 47.4 Å². The molecule has 1 aliphatic heterocycles. The Bertz CT molecular complexity index is 1800. The van der Waals surface area contributed by atoms with Gasteiger partial charge in [-0.1, -0.05) is 12.1 Å². The highest BCUT2D eigenvalue weighted by molar-refractivity contribution is 7.87. The summed E-state index contributed by atoms with van der Waals surface area (Å²) in [4.78, 5) is 11.7. The van der Waals surface area contributed by atoms with E-state index in [1.807, 2.05) is 0 Å². The normalized spacial score (nSPS) is 17.0. The maximum absolute atomic E-state index is 14.1. The van der Waals surface area contributed by atoms with Gasteiger partial charge in [0.15, 0.2) is 0 Å². The predicted molar refractivity (Wildman–Crippen MR) is 140 cm³/mol. The van der Waals surface area contributed by atoms with Gasteiger partial charge < -0.3 is 18.9 Å². The van der Waals surface area contributed by atoms with E-state index in [0.717, 1.165) is 35.2 Å². The summed E-state index contributed by atoms with van der Waals surface area (Å²) < 4.78 is 145. The average molecular weight is 664 g/mol. The number of hydrogen-bond donors (Lipinski definition) is 1. The fraction of sp³-hybridized carbons (Fsp3) is 0.276. The number of fused-ring (bicyclic) bond motifs is 1. The molecule has 1 unspecified atom stereocenters. The number of ether oxygens (including phenoxy) is 1. The molecule has 3 aromatic carbocycles. The zero-order valence-corrected chi connectivity index (χ0v) is 23.5. The van der Waals surface area contributed by atoms with Crippen LogP contribution in [-0.4, -0.2) is 37.6 Å². The molecule has 0 saturated carbocycles. The van der Waals surface area contributed by atoms with Crippen molar-refractivity contribution in [3.8, 4) is 11.5 Å². The molecule has 0 saturated heterocycles. The van der Waals surface area contributed by atoms with Crippen molar-refractivity contribution in [2.75, 3.05) is 13.1 Å². The van der Waals surface area contributed by atoms with Crippen molar-refractivity contribution in [1.82, 2.24) is 4.90 Å². The van der Waals surface area contributed by atoms with E-state index in [2.05, 4.69) is 4.18 Å². The van der Waals surface area contributed by atoms with Crippen LogP contribution in [0, 0.1) is 29.1 Å². The van der Waals surface area contributed by atoms with Gasteiger partial charge in [-0.05, 0) is 72.7 Å². The van der Waals surface area contributed by atoms with Gasteiger partial charge in [0, 0.05) is 18.7 Å². The van der Waals surface area contributed by atoms with Gasteiger partial charge in [0.2, 0.25) is 34.8 Å². The lowest BCUT2D eigenvalue weighted by Crippen LogP contribution is -2.33. The van der Waals surface area contributed by atoms with Crippen LogP contribution in [0.4, 0.5) is 39.9 Å². The van der Waals surface area contributed by atoms with E-state index in [-0.39, 0.29) is 37.2 Å². The molecule has 45 heavy (non-hydrogen) atoms. The van der Waals surface area contributed by atoms with Gasteiger partial charge >= 0.3 is 22.4 Å². The average Bonchev–Trinajstić information content (AvgIpc) is 3.00. The molecule has 5 rings (SSSR count). The van der Waals surface area contributed by atoms with Crippen LogP contribution < -0.4 is 8.92 Å². The number of alkyl halides is 3. The maximum Gasteiger partial charge on any atom is 0.416 e. The van der Waals surface area contributed by atoms with E-state index >= 15 is 0 Å². The Labute approximate surface area is 250 Å². The molecular weight excluding hydrogens is 642 g/mol. The van der Waals surface area contributed by atoms with E-state index < -0.39 is 73.8 Å². The molecule has 16 heteroatoms. The molecule has 1 aliphatic carbocycles. The summed E-state index contributed by atoms with van der Waals surface area (Å²) in [6.45, 7) is 0.00434.